The van der Waals surface area contributed by atoms with Crippen molar-refractivity contribution in [2.45, 2.75) is 50.1 Å². The molecule has 0 spiro atoms. The van der Waals surface area contributed by atoms with Crippen LogP contribution in [-0.4, -0.2) is 25.7 Å². The SMILES string of the molecule is Cc1cc(C)nc(SCC[S@@](=O)c2ccc(C(C)(C)C)cc2)n1. The van der Waals surface area contributed by atoms with Crippen molar-refractivity contribution in [3.8, 4) is 0 Å². The number of aryl methyl sites for hydroxylation is 2. The van der Waals surface area contributed by atoms with Crippen LogP contribution < -0.4 is 0 Å². The highest BCUT2D eigenvalue weighted by molar-refractivity contribution is 8.00. The number of rotatable bonds is 5. The van der Waals surface area contributed by atoms with Crippen molar-refractivity contribution in [3.63, 3.8) is 0 Å². The summed E-state index contributed by atoms with van der Waals surface area (Å²) in [7, 11) is -0.979. The van der Waals surface area contributed by atoms with Gasteiger partial charge in [-0.1, -0.05) is 44.7 Å². The van der Waals surface area contributed by atoms with Crippen LogP contribution in [0.4, 0.5) is 0 Å². The molecule has 2 rings (SSSR count). The van der Waals surface area contributed by atoms with Gasteiger partial charge in [-0.2, -0.15) is 0 Å². The van der Waals surface area contributed by atoms with Gasteiger partial charge in [-0.05, 0) is 43.0 Å². The van der Waals surface area contributed by atoms with Crippen molar-refractivity contribution in [3.05, 3.63) is 47.3 Å². The first-order valence-electron chi connectivity index (χ1n) is 7.70. The molecule has 0 fully saturated rings. The Bertz CT molecular complexity index is 671. The molecule has 1 aromatic carbocycles. The summed E-state index contributed by atoms with van der Waals surface area (Å²) in [6, 6.07) is 10.1. The molecule has 5 heteroatoms. The smallest absolute Gasteiger partial charge is 0.188 e. The van der Waals surface area contributed by atoms with E-state index in [0.29, 0.717) is 5.75 Å². The van der Waals surface area contributed by atoms with E-state index in [1.807, 2.05) is 32.0 Å². The van der Waals surface area contributed by atoms with Gasteiger partial charge in [0.1, 0.15) is 0 Å². The molecular formula is C18H24N2OS2. The Labute approximate surface area is 145 Å². The van der Waals surface area contributed by atoms with Gasteiger partial charge in [0.15, 0.2) is 5.16 Å². The fourth-order valence-corrected chi connectivity index (χ4v) is 4.41. The van der Waals surface area contributed by atoms with E-state index in [1.165, 1.54) is 5.56 Å². The van der Waals surface area contributed by atoms with Gasteiger partial charge in [0.25, 0.3) is 0 Å². The second-order valence-electron chi connectivity index (χ2n) is 6.61. The van der Waals surface area contributed by atoms with Crippen LogP contribution in [0.1, 0.15) is 37.7 Å². The standard InChI is InChI=1S/C18H24N2OS2/c1-13-12-14(2)20-17(19-13)22-10-11-23(21)16-8-6-15(7-9-16)18(3,4)5/h6-9,12H,10-11H2,1-5H3/t23-/m1/s1. The van der Waals surface area contributed by atoms with Gasteiger partial charge in [-0.3, -0.25) is 4.21 Å². The number of nitrogens with zero attached hydrogens (tertiary/aromatic N) is 2. The highest BCUT2D eigenvalue weighted by Gasteiger charge is 2.14. The summed E-state index contributed by atoms with van der Waals surface area (Å²) < 4.78 is 12.4. The van der Waals surface area contributed by atoms with Crippen molar-refractivity contribution in [1.29, 1.82) is 0 Å². The van der Waals surface area contributed by atoms with Crippen molar-refractivity contribution in [1.82, 2.24) is 9.97 Å². The Balaban J connectivity index is 1.92. The van der Waals surface area contributed by atoms with Crippen LogP contribution in [-0.2, 0) is 16.2 Å². The summed E-state index contributed by atoms with van der Waals surface area (Å²) in [6.07, 6.45) is 0. The topological polar surface area (TPSA) is 42.9 Å². The van der Waals surface area contributed by atoms with Gasteiger partial charge in [0, 0.05) is 27.8 Å². The summed E-state index contributed by atoms with van der Waals surface area (Å²) in [5.74, 6) is 1.35. The van der Waals surface area contributed by atoms with E-state index in [1.54, 1.807) is 11.8 Å². The third-order valence-corrected chi connectivity index (χ3v) is 5.93. The predicted octanol–water partition coefficient (Wildman–Crippen LogP) is 4.29. The summed E-state index contributed by atoms with van der Waals surface area (Å²) in [5.41, 5.74) is 3.32. The van der Waals surface area contributed by atoms with Crippen molar-refractivity contribution < 1.29 is 4.21 Å². The van der Waals surface area contributed by atoms with Crippen LogP contribution in [0.25, 0.3) is 0 Å². The summed E-state index contributed by atoms with van der Waals surface area (Å²) >= 11 is 1.56. The Morgan fingerprint density at radius 1 is 1.04 bits per heavy atom. The molecule has 1 aromatic heterocycles. The maximum absolute atomic E-state index is 12.4. The second-order valence-corrected chi connectivity index (χ2v) is 9.24. The Kier molecular flexibility index (Phi) is 5.98. The molecule has 0 saturated heterocycles. The second kappa shape index (κ2) is 7.58. The molecular weight excluding hydrogens is 324 g/mol. The number of thioether (sulfide) groups is 1. The molecule has 0 saturated carbocycles. The Morgan fingerprint density at radius 3 is 2.13 bits per heavy atom. The maximum atomic E-state index is 12.4. The van der Waals surface area contributed by atoms with Crippen LogP contribution in [0.5, 0.6) is 0 Å². The Morgan fingerprint density at radius 2 is 1.61 bits per heavy atom. The number of hydrogen-bond acceptors (Lipinski definition) is 4. The van der Waals surface area contributed by atoms with E-state index in [-0.39, 0.29) is 5.41 Å². The molecule has 0 aliphatic carbocycles. The minimum absolute atomic E-state index is 0.121. The van der Waals surface area contributed by atoms with Gasteiger partial charge in [0.05, 0.1) is 10.8 Å². The monoisotopic (exact) mass is 348 g/mol. The van der Waals surface area contributed by atoms with E-state index in [9.17, 15) is 4.21 Å². The molecule has 0 unspecified atom stereocenters. The van der Waals surface area contributed by atoms with E-state index >= 15 is 0 Å². The minimum atomic E-state index is -0.979. The van der Waals surface area contributed by atoms with Gasteiger partial charge in [0.2, 0.25) is 0 Å². The lowest BCUT2D eigenvalue weighted by Gasteiger charge is -2.19. The zero-order valence-electron chi connectivity index (χ0n) is 14.4. The van der Waals surface area contributed by atoms with Crippen molar-refractivity contribution in [2.24, 2.45) is 0 Å². The molecule has 2 aromatic rings. The number of hydrogen-bond donors (Lipinski definition) is 0. The minimum Gasteiger partial charge on any atom is -0.254 e. The highest BCUT2D eigenvalue weighted by atomic mass is 32.2. The van der Waals surface area contributed by atoms with Crippen LogP contribution in [0.3, 0.4) is 0 Å². The van der Waals surface area contributed by atoms with Gasteiger partial charge >= 0.3 is 0 Å². The Hall–Kier alpha value is -1.20. The maximum Gasteiger partial charge on any atom is 0.188 e. The fourth-order valence-electron chi connectivity index (χ4n) is 2.19. The lowest BCUT2D eigenvalue weighted by molar-refractivity contribution is 0.589. The van der Waals surface area contributed by atoms with Crippen molar-refractivity contribution >= 4 is 22.6 Å². The van der Waals surface area contributed by atoms with Crippen LogP contribution in [0.2, 0.25) is 0 Å². The third kappa shape index (κ3) is 5.43. The summed E-state index contributed by atoms with van der Waals surface area (Å²) in [6.45, 7) is 10.5. The first kappa shape index (κ1) is 18.1. The van der Waals surface area contributed by atoms with Gasteiger partial charge in [-0.15, -0.1) is 0 Å². The summed E-state index contributed by atoms with van der Waals surface area (Å²) in [5, 5.41) is 0.766. The normalized spacial score (nSPS) is 13.1. The molecule has 1 heterocycles. The first-order chi connectivity index (χ1) is 10.8. The predicted molar refractivity (Wildman–Crippen MR) is 98.6 cm³/mol. The van der Waals surface area contributed by atoms with E-state index < -0.39 is 10.8 Å². The average molecular weight is 349 g/mol. The molecule has 0 amide bonds. The molecule has 1 atom stereocenters. The molecule has 23 heavy (non-hydrogen) atoms. The molecule has 124 valence electrons. The molecule has 3 nitrogen and oxygen atoms in total. The van der Waals surface area contributed by atoms with Gasteiger partial charge in [-0.25, -0.2) is 9.97 Å². The highest BCUT2D eigenvalue weighted by Crippen LogP contribution is 2.23. The molecule has 0 aliphatic rings. The number of aromatic nitrogens is 2. The first-order valence-corrected chi connectivity index (χ1v) is 10.00. The molecule has 0 bridgehead atoms. The van der Waals surface area contributed by atoms with Crippen LogP contribution in [0.15, 0.2) is 40.4 Å². The molecule has 0 N–H and O–H groups in total. The molecule has 0 radical (unpaired) electrons. The fraction of sp³-hybridized carbons (Fsp3) is 0.444. The van der Waals surface area contributed by atoms with E-state index in [4.69, 9.17) is 0 Å². The quantitative estimate of drug-likeness (QED) is 0.597. The zero-order chi connectivity index (χ0) is 17.0. The largest absolute Gasteiger partial charge is 0.254 e. The van der Waals surface area contributed by atoms with Crippen molar-refractivity contribution in [2.75, 3.05) is 11.5 Å². The zero-order valence-corrected chi connectivity index (χ0v) is 16.1. The van der Waals surface area contributed by atoms with Crippen LogP contribution >= 0.6 is 11.8 Å². The number of benzene rings is 1. The lowest BCUT2D eigenvalue weighted by Crippen LogP contribution is -2.11. The molecule has 0 aliphatic heterocycles. The lowest BCUT2D eigenvalue weighted by atomic mass is 9.87. The van der Waals surface area contributed by atoms with E-state index in [2.05, 4.69) is 42.9 Å². The van der Waals surface area contributed by atoms with E-state index in [0.717, 1.165) is 27.2 Å². The third-order valence-electron chi connectivity index (χ3n) is 3.44. The summed E-state index contributed by atoms with van der Waals surface area (Å²) in [4.78, 5) is 9.68. The van der Waals surface area contributed by atoms with Gasteiger partial charge < -0.3 is 0 Å². The average Bonchev–Trinajstić information content (AvgIpc) is 2.45. The van der Waals surface area contributed by atoms with Crippen LogP contribution in [0, 0.1) is 13.8 Å².